The number of ether oxygens (including phenoxy) is 2. The minimum atomic E-state index is -1.04. The van der Waals surface area contributed by atoms with Gasteiger partial charge in [-0.25, -0.2) is 4.79 Å². The van der Waals surface area contributed by atoms with E-state index in [4.69, 9.17) is 15.2 Å². The molecule has 0 heterocycles. The van der Waals surface area contributed by atoms with Crippen LogP contribution in [-0.4, -0.2) is 18.5 Å². The Balaban J connectivity index is 2.33. The number of hydrogen-bond acceptors (Lipinski definition) is 5. The molecule has 2 aromatic rings. The largest absolute Gasteiger partial charge is 0.490 e. The van der Waals surface area contributed by atoms with Gasteiger partial charge in [-0.1, -0.05) is 30.3 Å². The third-order valence-electron chi connectivity index (χ3n) is 3.47. The van der Waals surface area contributed by atoms with Crippen LogP contribution in [0.3, 0.4) is 0 Å². The molecule has 0 unspecified atom stereocenters. The first-order chi connectivity index (χ1) is 13.4. The zero-order valence-electron chi connectivity index (χ0n) is 15.1. The number of carbonyl (C=O) groups excluding carboxylic acids is 2. The Bertz CT molecular complexity index is 936. The highest BCUT2D eigenvalue weighted by molar-refractivity contribution is 9.10. The fraction of sp³-hybridized carbons (Fsp3) is 0.150. The second-order valence-electron chi connectivity index (χ2n) is 5.53. The molecule has 7 nitrogen and oxygen atoms in total. The number of primary amides is 1. The third kappa shape index (κ3) is 5.86. The summed E-state index contributed by atoms with van der Waals surface area (Å²) in [6.07, 6.45) is 1.33. The van der Waals surface area contributed by atoms with Crippen molar-refractivity contribution < 1.29 is 19.1 Å². The monoisotopic (exact) mass is 443 g/mol. The van der Waals surface area contributed by atoms with Crippen LogP contribution in [0.15, 0.2) is 52.5 Å². The van der Waals surface area contributed by atoms with E-state index < -0.39 is 11.9 Å². The second-order valence-corrected chi connectivity index (χ2v) is 6.38. The number of imide groups is 1. The van der Waals surface area contributed by atoms with Gasteiger partial charge in [-0.15, -0.1) is 0 Å². The van der Waals surface area contributed by atoms with Gasteiger partial charge in [0.05, 0.1) is 11.1 Å². The van der Waals surface area contributed by atoms with E-state index >= 15 is 0 Å². The van der Waals surface area contributed by atoms with Gasteiger partial charge in [-0.2, -0.15) is 5.26 Å². The fourth-order valence-corrected chi connectivity index (χ4v) is 2.87. The smallest absolute Gasteiger partial charge is 0.319 e. The summed E-state index contributed by atoms with van der Waals surface area (Å²) in [6.45, 7) is 2.58. The molecule has 0 aliphatic rings. The molecular formula is C20H18BrN3O4. The minimum absolute atomic E-state index is 0.272. The van der Waals surface area contributed by atoms with E-state index in [0.29, 0.717) is 34.7 Å². The molecule has 8 heteroatoms. The molecular weight excluding hydrogens is 426 g/mol. The van der Waals surface area contributed by atoms with Crippen LogP contribution in [0.4, 0.5) is 4.79 Å². The predicted octanol–water partition coefficient (Wildman–Crippen LogP) is 3.53. The Morgan fingerprint density at radius 1 is 1.25 bits per heavy atom. The van der Waals surface area contributed by atoms with Gasteiger partial charge in [-0.3, -0.25) is 10.1 Å². The molecule has 0 spiro atoms. The molecule has 0 aliphatic heterocycles. The summed E-state index contributed by atoms with van der Waals surface area (Å²) in [5.74, 6) is 0.0723. The summed E-state index contributed by atoms with van der Waals surface area (Å²) in [5.41, 5.74) is 6.15. The van der Waals surface area contributed by atoms with Crippen LogP contribution in [0.5, 0.6) is 11.5 Å². The normalized spacial score (nSPS) is 10.7. The molecule has 2 rings (SSSR count). The van der Waals surface area contributed by atoms with Crippen LogP contribution in [0.25, 0.3) is 6.08 Å². The number of carbonyl (C=O) groups is 2. The zero-order chi connectivity index (χ0) is 20.5. The molecule has 0 saturated heterocycles. The average molecular weight is 444 g/mol. The lowest BCUT2D eigenvalue weighted by Gasteiger charge is -2.15. The van der Waals surface area contributed by atoms with Crippen molar-refractivity contribution in [3.63, 3.8) is 0 Å². The zero-order valence-corrected chi connectivity index (χ0v) is 16.7. The lowest BCUT2D eigenvalue weighted by molar-refractivity contribution is -0.115. The molecule has 0 atom stereocenters. The van der Waals surface area contributed by atoms with Crippen LogP contribution in [0, 0.1) is 11.3 Å². The van der Waals surface area contributed by atoms with Crippen LogP contribution in [0.1, 0.15) is 18.1 Å². The van der Waals surface area contributed by atoms with Gasteiger partial charge in [0.2, 0.25) is 0 Å². The summed E-state index contributed by atoms with van der Waals surface area (Å²) in [4.78, 5) is 22.7. The lowest BCUT2D eigenvalue weighted by Crippen LogP contribution is -2.35. The molecule has 0 fully saturated rings. The van der Waals surface area contributed by atoms with Crippen molar-refractivity contribution in [2.45, 2.75) is 13.5 Å². The average Bonchev–Trinajstić information content (AvgIpc) is 2.66. The second kappa shape index (κ2) is 10.1. The number of nitriles is 1. The standard InChI is InChI=1S/C20H18BrN3O4/c1-2-27-17-10-14(8-15(11-22)19(25)24-20(23)26)9-16(21)18(17)28-12-13-6-4-3-5-7-13/h3-10H,2,12H2,1H3,(H3,23,24,25,26)/b15-8-. The maximum absolute atomic E-state index is 11.8. The summed E-state index contributed by atoms with van der Waals surface area (Å²) in [5, 5.41) is 11.0. The summed E-state index contributed by atoms with van der Waals surface area (Å²) < 4.78 is 12.1. The molecule has 0 bridgehead atoms. The van der Waals surface area contributed by atoms with Crippen molar-refractivity contribution >= 4 is 33.9 Å². The molecule has 0 aromatic heterocycles. The first-order valence-corrected chi connectivity index (χ1v) is 9.09. The highest BCUT2D eigenvalue weighted by Gasteiger charge is 2.15. The summed E-state index contributed by atoms with van der Waals surface area (Å²) in [7, 11) is 0. The molecule has 3 N–H and O–H groups in total. The van der Waals surface area contributed by atoms with Gasteiger partial charge in [0.25, 0.3) is 5.91 Å². The van der Waals surface area contributed by atoms with E-state index in [1.807, 2.05) is 42.6 Å². The van der Waals surface area contributed by atoms with E-state index in [-0.39, 0.29) is 5.57 Å². The van der Waals surface area contributed by atoms with Crippen molar-refractivity contribution in [2.75, 3.05) is 6.61 Å². The van der Waals surface area contributed by atoms with Crippen LogP contribution in [-0.2, 0) is 11.4 Å². The number of rotatable bonds is 7. The molecule has 28 heavy (non-hydrogen) atoms. The Morgan fingerprint density at radius 3 is 2.57 bits per heavy atom. The molecule has 0 saturated carbocycles. The van der Waals surface area contributed by atoms with Crippen molar-refractivity contribution in [1.82, 2.24) is 5.32 Å². The minimum Gasteiger partial charge on any atom is -0.490 e. The van der Waals surface area contributed by atoms with Crippen LogP contribution >= 0.6 is 15.9 Å². The third-order valence-corrected chi connectivity index (χ3v) is 4.06. The number of nitrogens with two attached hydrogens (primary N) is 1. The van der Waals surface area contributed by atoms with E-state index in [0.717, 1.165) is 5.56 Å². The van der Waals surface area contributed by atoms with E-state index in [9.17, 15) is 14.9 Å². The summed E-state index contributed by atoms with van der Waals surface area (Å²) in [6, 6.07) is 13.7. The van der Waals surface area contributed by atoms with Gasteiger partial charge in [0.15, 0.2) is 11.5 Å². The topological polar surface area (TPSA) is 114 Å². The molecule has 0 radical (unpaired) electrons. The molecule has 2 aromatic carbocycles. The molecule has 0 aliphatic carbocycles. The molecule has 3 amide bonds. The van der Waals surface area contributed by atoms with E-state index in [2.05, 4.69) is 15.9 Å². The lowest BCUT2D eigenvalue weighted by atomic mass is 10.1. The van der Waals surface area contributed by atoms with Gasteiger partial charge in [0.1, 0.15) is 18.2 Å². The Labute approximate surface area is 170 Å². The highest BCUT2D eigenvalue weighted by Crippen LogP contribution is 2.38. The Hall–Kier alpha value is -3.31. The summed E-state index contributed by atoms with van der Waals surface area (Å²) >= 11 is 3.44. The first kappa shape index (κ1) is 21.0. The van der Waals surface area contributed by atoms with Gasteiger partial charge < -0.3 is 15.2 Å². The number of nitrogens with one attached hydrogen (secondary N) is 1. The van der Waals surface area contributed by atoms with Crippen molar-refractivity contribution in [1.29, 1.82) is 5.26 Å². The van der Waals surface area contributed by atoms with E-state index in [1.165, 1.54) is 6.08 Å². The maximum atomic E-state index is 11.8. The van der Waals surface area contributed by atoms with Crippen LogP contribution in [0.2, 0.25) is 0 Å². The number of benzene rings is 2. The van der Waals surface area contributed by atoms with Crippen molar-refractivity contribution in [3.8, 4) is 17.6 Å². The number of urea groups is 1. The molecule has 144 valence electrons. The predicted molar refractivity (Wildman–Crippen MR) is 107 cm³/mol. The first-order valence-electron chi connectivity index (χ1n) is 8.30. The highest BCUT2D eigenvalue weighted by atomic mass is 79.9. The van der Waals surface area contributed by atoms with Gasteiger partial charge >= 0.3 is 6.03 Å². The van der Waals surface area contributed by atoms with Crippen LogP contribution < -0.4 is 20.5 Å². The number of halogens is 1. The van der Waals surface area contributed by atoms with Gasteiger partial charge in [0, 0.05) is 0 Å². The Kier molecular flexibility index (Phi) is 7.60. The van der Waals surface area contributed by atoms with E-state index in [1.54, 1.807) is 18.2 Å². The number of hydrogen-bond donors (Lipinski definition) is 2. The fourth-order valence-electron chi connectivity index (χ4n) is 2.30. The Morgan fingerprint density at radius 2 is 1.96 bits per heavy atom. The van der Waals surface area contributed by atoms with Gasteiger partial charge in [-0.05, 0) is 52.2 Å². The van der Waals surface area contributed by atoms with Crippen molar-refractivity contribution in [3.05, 3.63) is 63.6 Å². The maximum Gasteiger partial charge on any atom is 0.319 e. The van der Waals surface area contributed by atoms with Crippen molar-refractivity contribution in [2.24, 2.45) is 5.73 Å². The number of amides is 3. The quantitative estimate of drug-likeness (QED) is 0.501. The SMILES string of the molecule is CCOc1cc(/C=C(/C#N)C(=O)NC(N)=O)cc(Br)c1OCc1ccccc1. The number of nitrogens with zero attached hydrogens (tertiary/aromatic N) is 1.